The van der Waals surface area contributed by atoms with Crippen LogP contribution in [0.4, 0.5) is 0 Å². The molecule has 2 rings (SSSR count). The number of aryl methyl sites for hydroxylation is 1. The zero-order chi connectivity index (χ0) is 10.8. The molecule has 1 aliphatic heterocycles. The molecule has 15 heavy (non-hydrogen) atoms. The van der Waals surface area contributed by atoms with Gasteiger partial charge in [-0.25, -0.2) is 0 Å². The van der Waals surface area contributed by atoms with Crippen LogP contribution in [-0.4, -0.2) is 24.6 Å². The number of nitrogens with zero attached hydrogens (tertiary/aromatic N) is 1. The van der Waals surface area contributed by atoms with Gasteiger partial charge in [-0.2, -0.15) is 0 Å². The molecule has 1 aromatic rings. The fraction of sp³-hybridized carbons (Fsp3) is 0.538. The smallest absolute Gasteiger partial charge is 0.127 e. The van der Waals surface area contributed by atoms with Gasteiger partial charge in [0, 0.05) is 5.56 Å². The minimum absolute atomic E-state index is 0.454. The Kier molecular flexibility index (Phi) is 2.96. The molecule has 0 saturated heterocycles. The van der Waals surface area contributed by atoms with E-state index in [1.54, 1.807) is 0 Å². The number of fused-ring (bicyclic) bond motifs is 1. The van der Waals surface area contributed by atoms with Gasteiger partial charge in [0.1, 0.15) is 12.4 Å². The molecule has 0 amide bonds. The van der Waals surface area contributed by atoms with Crippen LogP contribution in [0.2, 0.25) is 0 Å². The SMILES string of the molecule is CCN(CC)C1COc2c(C)cccc21. The van der Waals surface area contributed by atoms with E-state index in [1.165, 1.54) is 11.1 Å². The number of rotatable bonds is 3. The molecule has 0 spiro atoms. The first-order valence-electron chi connectivity index (χ1n) is 5.74. The van der Waals surface area contributed by atoms with Crippen LogP contribution in [0.5, 0.6) is 5.75 Å². The predicted molar refractivity (Wildman–Crippen MR) is 62.3 cm³/mol. The summed E-state index contributed by atoms with van der Waals surface area (Å²) in [6.45, 7) is 9.50. The van der Waals surface area contributed by atoms with Crippen LogP contribution >= 0.6 is 0 Å². The molecule has 0 aliphatic carbocycles. The zero-order valence-corrected chi connectivity index (χ0v) is 9.79. The molecule has 1 atom stereocenters. The van der Waals surface area contributed by atoms with Crippen LogP contribution < -0.4 is 4.74 Å². The van der Waals surface area contributed by atoms with Gasteiger partial charge in [-0.15, -0.1) is 0 Å². The highest BCUT2D eigenvalue weighted by Crippen LogP contribution is 2.37. The molecule has 0 bridgehead atoms. The van der Waals surface area contributed by atoms with Crippen molar-refractivity contribution in [1.29, 1.82) is 0 Å². The number of hydrogen-bond donors (Lipinski definition) is 0. The van der Waals surface area contributed by atoms with Crippen LogP contribution in [0.3, 0.4) is 0 Å². The fourth-order valence-corrected chi connectivity index (χ4v) is 2.35. The molecule has 1 aromatic carbocycles. The molecule has 0 radical (unpaired) electrons. The van der Waals surface area contributed by atoms with Crippen molar-refractivity contribution >= 4 is 0 Å². The third-order valence-electron chi connectivity index (χ3n) is 3.24. The molecular weight excluding hydrogens is 186 g/mol. The lowest BCUT2D eigenvalue weighted by Gasteiger charge is -2.24. The van der Waals surface area contributed by atoms with Gasteiger partial charge in [0.25, 0.3) is 0 Å². The molecule has 0 fully saturated rings. The summed E-state index contributed by atoms with van der Waals surface area (Å²) in [4.78, 5) is 2.45. The highest BCUT2D eigenvalue weighted by Gasteiger charge is 2.28. The second kappa shape index (κ2) is 4.23. The van der Waals surface area contributed by atoms with Crippen molar-refractivity contribution in [2.45, 2.75) is 26.8 Å². The molecule has 0 aromatic heterocycles. The number of hydrogen-bond acceptors (Lipinski definition) is 2. The van der Waals surface area contributed by atoms with Gasteiger partial charge in [-0.05, 0) is 25.6 Å². The van der Waals surface area contributed by atoms with Crippen LogP contribution in [0.1, 0.15) is 31.0 Å². The van der Waals surface area contributed by atoms with Crippen LogP contribution in [-0.2, 0) is 0 Å². The predicted octanol–water partition coefficient (Wildman–Crippen LogP) is 2.77. The Bertz CT molecular complexity index is 344. The van der Waals surface area contributed by atoms with Crippen molar-refractivity contribution in [3.63, 3.8) is 0 Å². The lowest BCUT2D eigenvalue weighted by molar-refractivity contribution is 0.177. The Balaban J connectivity index is 2.32. The van der Waals surface area contributed by atoms with Gasteiger partial charge in [0.05, 0.1) is 6.04 Å². The molecule has 1 heterocycles. The molecule has 0 N–H and O–H groups in total. The third-order valence-corrected chi connectivity index (χ3v) is 3.24. The summed E-state index contributed by atoms with van der Waals surface area (Å²) in [7, 11) is 0. The Morgan fingerprint density at radius 2 is 2.07 bits per heavy atom. The summed E-state index contributed by atoms with van der Waals surface area (Å²) in [5, 5.41) is 0. The topological polar surface area (TPSA) is 12.5 Å². The Labute approximate surface area is 91.9 Å². The monoisotopic (exact) mass is 205 g/mol. The van der Waals surface area contributed by atoms with E-state index in [2.05, 4.69) is 43.9 Å². The molecule has 82 valence electrons. The van der Waals surface area contributed by atoms with E-state index in [4.69, 9.17) is 4.74 Å². The summed E-state index contributed by atoms with van der Waals surface area (Å²) >= 11 is 0. The largest absolute Gasteiger partial charge is 0.491 e. The van der Waals surface area contributed by atoms with Crippen molar-refractivity contribution in [2.24, 2.45) is 0 Å². The van der Waals surface area contributed by atoms with Gasteiger partial charge in [0.15, 0.2) is 0 Å². The molecule has 2 heteroatoms. The van der Waals surface area contributed by atoms with Gasteiger partial charge < -0.3 is 4.74 Å². The first kappa shape index (κ1) is 10.5. The van der Waals surface area contributed by atoms with Gasteiger partial charge >= 0.3 is 0 Å². The van der Waals surface area contributed by atoms with Crippen molar-refractivity contribution in [2.75, 3.05) is 19.7 Å². The lowest BCUT2D eigenvalue weighted by atomic mass is 10.0. The molecule has 0 saturated carbocycles. The average Bonchev–Trinajstić information content (AvgIpc) is 2.66. The molecule has 1 unspecified atom stereocenters. The number of para-hydroxylation sites is 1. The van der Waals surface area contributed by atoms with E-state index >= 15 is 0 Å². The first-order chi connectivity index (χ1) is 7.27. The van der Waals surface area contributed by atoms with Crippen LogP contribution in [0.25, 0.3) is 0 Å². The van der Waals surface area contributed by atoms with E-state index in [0.29, 0.717) is 6.04 Å². The highest BCUT2D eigenvalue weighted by molar-refractivity contribution is 5.45. The Morgan fingerprint density at radius 1 is 1.33 bits per heavy atom. The summed E-state index contributed by atoms with van der Waals surface area (Å²) in [6, 6.07) is 6.89. The second-order valence-electron chi connectivity index (χ2n) is 4.04. The summed E-state index contributed by atoms with van der Waals surface area (Å²) in [5.74, 6) is 1.11. The van der Waals surface area contributed by atoms with Crippen LogP contribution in [0, 0.1) is 6.92 Å². The maximum atomic E-state index is 5.78. The summed E-state index contributed by atoms with van der Waals surface area (Å²) in [5.41, 5.74) is 2.61. The second-order valence-corrected chi connectivity index (χ2v) is 4.04. The molecule has 1 aliphatic rings. The van der Waals surface area contributed by atoms with Crippen LogP contribution in [0.15, 0.2) is 18.2 Å². The van der Waals surface area contributed by atoms with Crippen molar-refractivity contribution in [3.8, 4) is 5.75 Å². The van der Waals surface area contributed by atoms with Gasteiger partial charge in [-0.3, -0.25) is 4.90 Å². The van der Waals surface area contributed by atoms with E-state index in [0.717, 1.165) is 25.4 Å². The number of ether oxygens (including phenoxy) is 1. The average molecular weight is 205 g/mol. The Hall–Kier alpha value is -1.02. The summed E-state index contributed by atoms with van der Waals surface area (Å²) < 4.78 is 5.78. The zero-order valence-electron chi connectivity index (χ0n) is 9.79. The highest BCUT2D eigenvalue weighted by atomic mass is 16.5. The van der Waals surface area contributed by atoms with E-state index in [9.17, 15) is 0 Å². The van der Waals surface area contributed by atoms with Crippen molar-refractivity contribution in [3.05, 3.63) is 29.3 Å². The lowest BCUT2D eigenvalue weighted by Crippen LogP contribution is -2.29. The molecular formula is C13H19NO. The quantitative estimate of drug-likeness (QED) is 0.752. The fourth-order valence-electron chi connectivity index (χ4n) is 2.35. The normalized spacial score (nSPS) is 19.1. The maximum Gasteiger partial charge on any atom is 0.127 e. The van der Waals surface area contributed by atoms with E-state index < -0.39 is 0 Å². The number of likely N-dealkylation sites (N-methyl/N-ethyl adjacent to an activating group) is 1. The van der Waals surface area contributed by atoms with E-state index in [-0.39, 0.29) is 0 Å². The minimum Gasteiger partial charge on any atom is -0.491 e. The maximum absolute atomic E-state index is 5.78. The summed E-state index contributed by atoms with van der Waals surface area (Å²) in [6.07, 6.45) is 0. The van der Waals surface area contributed by atoms with Gasteiger partial charge in [0.2, 0.25) is 0 Å². The minimum atomic E-state index is 0.454. The van der Waals surface area contributed by atoms with Crippen molar-refractivity contribution < 1.29 is 4.74 Å². The van der Waals surface area contributed by atoms with E-state index in [1.807, 2.05) is 0 Å². The standard InChI is InChI=1S/C13H19NO/c1-4-14(5-2)12-9-15-13-10(3)7-6-8-11(12)13/h6-8,12H,4-5,9H2,1-3H3. The first-order valence-corrected chi connectivity index (χ1v) is 5.74. The van der Waals surface area contributed by atoms with Gasteiger partial charge in [-0.1, -0.05) is 32.0 Å². The number of benzene rings is 1. The molecule has 2 nitrogen and oxygen atoms in total. The van der Waals surface area contributed by atoms with Crippen molar-refractivity contribution in [1.82, 2.24) is 4.90 Å². The third kappa shape index (κ3) is 1.74. The Morgan fingerprint density at radius 3 is 2.73 bits per heavy atom.